The monoisotopic (exact) mass is 332 g/mol. The summed E-state index contributed by atoms with van der Waals surface area (Å²) in [6.07, 6.45) is 3.26. The summed E-state index contributed by atoms with van der Waals surface area (Å²) in [4.78, 5) is 19.1. The summed E-state index contributed by atoms with van der Waals surface area (Å²) in [5, 5.41) is 2.27. The fourth-order valence-corrected chi connectivity index (χ4v) is 4.28. The average molecular weight is 332 g/mol. The molecule has 0 N–H and O–H groups in total. The summed E-state index contributed by atoms with van der Waals surface area (Å²) in [6, 6.07) is 6.67. The van der Waals surface area contributed by atoms with Gasteiger partial charge in [-0.25, -0.2) is 9.37 Å². The Hall–Kier alpha value is -1.79. The van der Waals surface area contributed by atoms with Crippen LogP contribution in [0.15, 0.2) is 29.6 Å². The van der Waals surface area contributed by atoms with Gasteiger partial charge in [-0.1, -0.05) is 12.1 Å². The van der Waals surface area contributed by atoms with Gasteiger partial charge in [0.1, 0.15) is 16.5 Å². The molecular weight excluding hydrogens is 315 g/mol. The molecule has 1 saturated carbocycles. The lowest BCUT2D eigenvalue weighted by Crippen LogP contribution is -2.51. The molecule has 2 unspecified atom stereocenters. The summed E-state index contributed by atoms with van der Waals surface area (Å²) >= 11 is 1.30. The van der Waals surface area contributed by atoms with Crippen LogP contribution in [-0.2, 0) is 4.74 Å². The Bertz CT molecular complexity index is 733. The third-order valence-electron chi connectivity index (χ3n) is 4.57. The normalized spacial score (nSPS) is 23.8. The Morgan fingerprint density at radius 3 is 3.09 bits per heavy atom. The number of carbonyl (C=O) groups is 1. The van der Waals surface area contributed by atoms with Gasteiger partial charge in [0, 0.05) is 17.5 Å². The maximum Gasteiger partial charge on any atom is 0.273 e. The maximum absolute atomic E-state index is 13.9. The number of hydrogen-bond donors (Lipinski definition) is 0. The van der Waals surface area contributed by atoms with Gasteiger partial charge in [-0.05, 0) is 31.4 Å². The van der Waals surface area contributed by atoms with Crippen molar-refractivity contribution in [2.45, 2.75) is 31.4 Å². The quantitative estimate of drug-likeness (QED) is 0.847. The summed E-state index contributed by atoms with van der Waals surface area (Å²) < 4.78 is 19.6. The number of nitrogens with zero attached hydrogens (tertiary/aromatic N) is 2. The highest BCUT2D eigenvalue weighted by molar-refractivity contribution is 7.13. The van der Waals surface area contributed by atoms with Crippen LogP contribution >= 0.6 is 11.3 Å². The van der Waals surface area contributed by atoms with Crippen molar-refractivity contribution >= 4 is 17.2 Å². The van der Waals surface area contributed by atoms with Crippen LogP contribution in [-0.4, -0.2) is 41.1 Å². The minimum absolute atomic E-state index is 0.0657. The Balaban J connectivity index is 1.59. The number of thiazole rings is 1. The molecule has 1 aliphatic heterocycles. The molecular formula is C17H17FN2O2S. The average Bonchev–Trinajstić information content (AvgIpc) is 3.23. The number of benzene rings is 1. The van der Waals surface area contributed by atoms with Gasteiger partial charge in [-0.3, -0.25) is 4.79 Å². The third-order valence-corrected chi connectivity index (χ3v) is 5.45. The lowest BCUT2D eigenvalue weighted by Gasteiger charge is -2.37. The molecule has 1 aromatic heterocycles. The van der Waals surface area contributed by atoms with Gasteiger partial charge in [-0.15, -0.1) is 11.3 Å². The minimum Gasteiger partial charge on any atom is -0.374 e. The Kier molecular flexibility index (Phi) is 3.87. The molecule has 0 bridgehead atoms. The molecule has 6 heteroatoms. The summed E-state index contributed by atoms with van der Waals surface area (Å²) in [5.74, 6) is -0.382. The lowest BCUT2D eigenvalue weighted by molar-refractivity contribution is -0.0447. The number of morpholine rings is 1. The summed E-state index contributed by atoms with van der Waals surface area (Å²) in [5.41, 5.74) is 0.845. The van der Waals surface area contributed by atoms with Crippen molar-refractivity contribution in [3.05, 3.63) is 41.2 Å². The largest absolute Gasteiger partial charge is 0.374 e. The van der Waals surface area contributed by atoms with Crippen LogP contribution in [0.2, 0.25) is 0 Å². The molecule has 2 aliphatic rings. The van der Waals surface area contributed by atoms with E-state index in [2.05, 4.69) is 4.98 Å². The van der Waals surface area contributed by atoms with Gasteiger partial charge in [0.05, 0.1) is 18.8 Å². The molecule has 1 amide bonds. The SMILES string of the molecule is O=C(c1csc(-c2ccccc2F)n1)N1CCOC2CCCC21. The van der Waals surface area contributed by atoms with E-state index in [1.54, 1.807) is 23.6 Å². The summed E-state index contributed by atoms with van der Waals surface area (Å²) in [7, 11) is 0. The number of halogens is 1. The second kappa shape index (κ2) is 6.02. The predicted molar refractivity (Wildman–Crippen MR) is 85.9 cm³/mol. The van der Waals surface area contributed by atoms with Crippen LogP contribution in [0, 0.1) is 5.82 Å². The second-order valence-corrected chi connectivity index (χ2v) is 6.78. The van der Waals surface area contributed by atoms with Crippen LogP contribution in [0.4, 0.5) is 4.39 Å². The molecule has 0 radical (unpaired) electrons. The number of amides is 1. The standard InChI is InChI=1S/C17H17FN2O2S/c18-12-5-2-1-4-11(12)16-19-13(10-23-16)17(21)20-8-9-22-15-7-3-6-14(15)20/h1-2,4-5,10,14-15H,3,6-9H2. The first kappa shape index (κ1) is 14.8. The molecule has 4 rings (SSSR count). The van der Waals surface area contributed by atoms with Gasteiger partial charge < -0.3 is 9.64 Å². The smallest absolute Gasteiger partial charge is 0.273 e. The molecule has 1 saturated heterocycles. The van der Waals surface area contributed by atoms with Gasteiger partial charge in [0.2, 0.25) is 0 Å². The molecule has 2 heterocycles. The zero-order chi connectivity index (χ0) is 15.8. The van der Waals surface area contributed by atoms with Crippen molar-refractivity contribution in [1.29, 1.82) is 0 Å². The van der Waals surface area contributed by atoms with E-state index in [4.69, 9.17) is 4.74 Å². The zero-order valence-corrected chi connectivity index (χ0v) is 13.4. The molecule has 1 aliphatic carbocycles. The molecule has 0 spiro atoms. The molecule has 2 fully saturated rings. The second-order valence-electron chi connectivity index (χ2n) is 5.92. The number of rotatable bonds is 2. The van der Waals surface area contributed by atoms with Crippen LogP contribution < -0.4 is 0 Å². The molecule has 2 atom stereocenters. The van der Waals surface area contributed by atoms with Crippen LogP contribution in [0.3, 0.4) is 0 Å². The first-order chi connectivity index (χ1) is 11.2. The number of aromatic nitrogens is 1. The highest BCUT2D eigenvalue weighted by Crippen LogP contribution is 2.32. The number of fused-ring (bicyclic) bond motifs is 1. The molecule has 23 heavy (non-hydrogen) atoms. The Labute approximate surface area is 137 Å². The highest BCUT2D eigenvalue weighted by Gasteiger charge is 2.39. The van der Waals surface area contributed by atoms with Crippen LogP contribution in [0.5, 0.6) is 0 Å². The van der Waals surface area contributed by atoms with Crippen molar-refractivity contribution in [1.82, 2.24) is 9.88 Å². The Morgan fingerprint density at radius 2 is 2.22 bits per heavy atom. The van der Waals surface area contributed by atoms with E-state index in [-0.39, 0.29) is 23.9 Å². The first-order valence-electron chi connectivity index (χ1n) is 7.87. The molecule has 120 valence electrons. The van der Waals surface area contributed by atoms with E-state index in [0.29, 0.717) is 29.4 Å². The topological polar surface area (TPSA) is 42.4 Å². The predicted octanol–water partition coefficient (Wildman–Crippen LogP) is 3.34. The van der Waals surface area contributed by atoms with Gasteiger partial charge in [-0.2, -0.15) is 0 Å². The van der Waals surface area contributed by atoms with Crippen molar-refractivity contribution in [2.75, 3.05) is 13.2 Å². The number of ether oxygens (including phenoxy) is 1. The molecule has 4 nitrogen and oxygen atoms in total. The maximum atomic E-state index is 13.9. The fraction of sp³-hybridized carbons (Fsp3) is 0.412. The highest BCUT2D eigenvalue weighted by atomic mass is 32.1. The minimum atomic E-state index is -0.317. The molecule has 2 aromatic rings. The van der Waals surface area contributed by atoms with Gasteiger partial charge in [0.25, 0.3) is 5.91 Å². The van der Waals surface area contributed by atoms with Gasteiger partial charge >= 0.3 is 0 Å². The van der Waals surface area contributed by atoms with E-state index in [0.717, 1.165) is 19.3 Å². The van der Waals surface area contributed by atoms with E-state index in [9.17, 15) is 9.18 Å². The number of carbonyl (C=O) groups excluding carboxylic acids is 1. The lowest BCUT2D eigenvalue weighted by atomic mass is 10.1. The van der Waals surface area contributed by atoms with Crippen molar-refractivity contribution in [3.63, 3.8) is 0 Å². The first-order valence-corrected chi connectivity index (χ1v) is 8.75. The molecule has 1 aromatic carbocycles. The Morgan fingerprint density at radius 1 is 1.35 bits per heavy atom. The third kappa shape index (κ3) is 2.66. The van der Waals surface area contributed by atoms with Crippen molar-refractivity contribution in [2.24, 2.45) is 0 Å². The van der Waals surface area contributed by atoms with E-state index in [1.807, 2.05) is 4.90 Å². The number of hydrogen-bond acceptors (Lipinski definition) is 4. The zero-order valence-electron chi connectivity index (χ0n) is 12.6. The van der Waals surface area contributed by atoms with Crippen molar-refractivity contribution < 1.29 is 13.9 Å². The van der Waals surface area contributed by atoms with Crippen molar-refractivity contribution in [3.8, 4) is 10.6 Å². The van der Waals surface area contributed by atoms with Gasteiger partial charge in [0.15, 0.2) is 0 Å². The van der Waals surface area contributed by atoms with E-state index in [1.165, 1.54) is 17.4 Å². The fourth-order valence-electron chi connectivity index (χ4n) is 3.46. The summed E-state index contributed by atoms with van der Waals surface area (Å²) in [6.45, 7) is 1.18. The van der Waals surface area contributed by atoms with E-state index >= 15 is 0 Å². The van der Waals surface area contributed by atoms with E-state index < -0.39 is 0 Å². The van der Waals surface area contributed by atoms with Crippen LogP contribution in [0.25, 0.3) is 10.6 Å². The van der Waals surface area contributed by atoms with Crippen LogP contribution in [0.1, 0.15) is 29.8 Å².